The summed E-state index contributed by atoms with van der Waals surface area (Å²) >= 11 is 8.78. The Morgan fingerprint density at radius 1 is 1.41 bits per heavy atom. The van der Waals surface area contributed by atoms with Gasteiger partial charge in [0.2, 0.25) is 0 Å². The molecule has 2 amide bonds. The van der Waals surface area contributed by atoms with Crippen LogP contribution in [0.1, 0.15) is 0 Å². The molecular formula is C9H7BrClF3N2O. The van der Waals surface area contributed by atoms with Crippen LogP contribution in [0.4, 0.5) is 23.7 Å². The fraction of sp³-hybridized carbons (Fsp3) is 0.222. The number of carbonyl (C=O) groups is 1. The van der Waals surface area contributed by atoms with Gasteiger partial charge in [0.25, 0.3) is 0 Å². The van der Waals surface area contributed by atoms with Gasteiger partial charge in [-0.3, -0.25) is 0 Å². The van der Waals surface area contributed by atoms with Crippen molar-refractivity contribution < 1.29 is 18.0 Å². The molecule has 1 aromatic rings. The predicted molar refractivity (Wildman–Crippen MR) is 62.2 cm³/mol. The number of hydrogen-bond acceptors (Lipinski definition) is 1. The van der Waals surface area contributed by atoms with E-state index in [1.165, 1.54) is 18.2 Å². The van der Waals surface area contributed by atoms with Crippen molar-refractivity contribution in [3.63, 3.8) is 0 Å². The molecule has 17 heavy (non-hydrogen) atoms. The van der Waals surface area contributed by atoms with E-state index in [1.54, 1.807) is 5.32 Å². The van der Waals surface area contributed by atoms with E-state index in [9.17, 15) is 18.0 Å². The molecule has 0 bridgehead atoms. The van der Waals surface area contributed by atoms with Crippen molar-refractivity contribution in [1.29, 1.82) is 0 Å². The van der Waals surface area contributed by atoms with Gasteiger partial charge in [0, 0.05) is 9.50 Å². The lowest BCUT2D eigenvalue weighted by Gasteiger charge is -2.10. The molecule has 0 atom stereocenters. The summed E-state index contributed by atoms with van der Waals surface area (Å²) < 4.78 is 35.9. The van der Waals surface area contributed by atoms with Crippen molar-refractivity contribution in [1.82, 2.24) is 5.32 Å². The molecule has 2 N–H and O–H groups in total. The first-order valence-electron chi connectivity index (χ1n) is 4.34. The van der Waals surface area contributed by atoms with Gasteiger partial charge in [-0.05, 0) is 34.1 Å². The standard InChI is InChI=1S/C9H7BrClF3N2O/c10-6-3-5(11)1-2-7(6)16-8(17)15-4-9(12,13)14/h1-3H,4H2,(H2,15,16,17). The molecule has 94 valence electrons. The zero-order chi connectivity index (χ0) is 13.1. The van der Waals surface area contributed by atoms with Gasteiger partial charge < -0.3 is 10.6 Å². The second-order valence-electron chi connectivity index (χ2n) is 3.05. The molecule has 0 saturated heterocycles. The van der Waals surface area contributed by atoms with Crippen LogP contribution in [0.3, 0.4) is 0 Å². The molecule has 0 aliphatic rings. The number of benzene rings is 1. The molecule has 0 aromatic heterocycles. The summed E-state index contributed by atoms with van der Waals surface area (Å²) in [6.07, 6.45) is -4.44. The van der Waals surface area contributed by atoms with Crippen molar-refractivity contribution >= 4 is 39.2 Å². The molecule has 0 radical (unpaired) electrons. The van der Waals surface area contributed by atoms with Crippen LogP contribution in [0.15, 0.2) is 22.7 Å². The molecule has 1 aromatic carbocycles. The van der Waals surface area contributed by atoms with Crippen LogP contribution in [0, 0.1) is 0 Å². The molecule has 0 aliphatic carbocycles. The van der Waals surface area contributed by atoms with Crippen molar-refractivity contribution in [3.8, 4) is 0 Å². The molecule has 0 aliphatic heterocycles. The maximum absolute atomic E-state index is 11.8. The molecule has 0 spiro atoms. The number of hydrogen-bond donors (Lipinski definition) is 2. The highest BCUT2D eigenvalue weighted by atomic mass is 79.9. The van der Waals surface area contributed by atoms with Gasteiger partial charge >= 0.3 is 12.2 Å². The number of nitrogens with one attached hydrogen (secondary N) is 2. The van der Waals surface area contributed by atoms with Crippen LogP contribution in [0.25, 0.3) is 0 Å². The SMILES string of the molecule is O=C(NCC(F)(F)F)Nc1ccc(Cl)cc1Br. The van der Waals surface area contributed by atoms with E-state index in [4.69, 9.17) is 11.6 Å². The molecular weight excluding hydrogens is 324 g/mol. The molecule has 8 heteroatoms. The highest BCUT2D eigenvalue weighted by molar-refractivity contribution is 9.10. The Morgan fingerprint density at radius 3 is 2.59 bits per heavy atom. The molecule has 3 nitrogen and oxygen atoms in total. The summed E-state index contributed by atoms with van der Waals surface area (Å²) in [6, 6.07) is 3.55. The molecule has 0 heterocycles. The maximum atomic E-state index is 11.8. The average Bonchev–Trinajstić information content (AvgIpc) is 2.18. The van der Waals surface area contributed by atoms with Crippen molar-refractivity contribution in [2.75, 3.05) is 11.9 Å². The number of amides is 2. The Bertz CT molecular complexity index is 425. The third-order valence-corrected chi connectivity index (χ3v) is 2.52. The Morgan fingerprint density at radius 2 is 2.06 bits per heavy atom. The van der Waals surface area contributed by atoms with Crippen molar-refractivity contribution in [3.05, 3.63) is 27.7 Å². The first-order chi connectivity index (χ1) is 7.78. The van der Waals surface area contributed by atoms with Gasteiger partial charge in [-0.2, -0.15) is 13.2 Å². The normalized spacial score (nSPS) is 11.1. The van der Waals surface area contributed by atoms with Crippen molar-refractivity contribution in [2.24, 2.45) is 0 Å². The van der Waals surface area contributed by atoms with Crippen LogP contribution < -0.4 is 10.6 Å². The fourth-order valence-electron chi connectivity index (χ4n) is 0.938. The Labute approximate surface area is 108 Å². The van der Waals surface area contributed by atoms with Gasteiger partial charge in [0.05, 0.1) is 5.69 Å². The fourth-order valence-corrected chi connectivity index (χ4v) is 1.72. The lowest BCUT2D eigenvalue weighted by atomic mass is 10.3. The summed E-state index contributed by atoms with van der Waals surface area (Å²) in [5.41, 5.74) is 0.328. The minimum atomic E-state index is -4.44. The lowest BCUT2D eigenvalue weighted by Crippen LogP contribution is -2.36. The smallest absolute Gasteiger partial charge is 0.329 e. The minimum Gasteiger partial charge on any atom is -0.329 e. The van der Waals surface area contributed by atoms with E-state index in [0.717, 1.165) is 0 Å². The Kier molecular flexibility index (Phi) is 4.64. The first-order valence-corrected chi connectivity index (χ1v) is 5.52. The third kappa shape index (κ3) is 5.27. The monoisotopic (exact) mass is 330 g/mol. The minimum absolute atomic E-state index is 0.328. The number of carbonyl (C=O) groups excluding carboxylic acids is 1. The molecule has 0 saturated carbocycles. The van der Waals surface area contributed by atoms with Crippen LogP contribution in [-0.4, -0.2) is 18.8 Å². The van der Waals surface area contributed by atoms with E-state index in [0.29, 0.717) is 15.2 Å². The summed E-state index contributed by atoms with van der Waals surface area (Å²) in [4.78, 5) is 11.1. The predicted octanol–water partition coefficient (Wildman–Crippen LogP) is 3.79. The molecule has 1 rings (SSSR count). The Balaban J connectivity index is 2.57. The van der Waals surface area contributed by atoms with E-state index in [1.807, 2.05) is 0 Å². The Hall–Kier alpha value is -0.950. The number of anilines is 1. The summed E-state index contributed by atoms with van der Waals surface area (Å²) in [6.45, 7) is -1.38. The van der Waals surface area contributed by atoms with E-state index >= 15 is 0 Å². The second kappa shape index (κ2) is 5.59. The third-order valence-electron chi connectivity index (χ3n) is 1.63. The number of urea groups is 1. The summed E-state index contributed by atoms with van der Waals surface area (Å²) in [5, 5.41) is 4.38. The highest BCUT2D eigenvalue weighted by Crippen LogP contribution is 2.25. The topological polar surface area (TPSA) is 41.1 Å². The highest BCUT2D eigenvalue weighted by Gasteiger charge is 2.27. The van der Waals surface area contributed by atoms with E-state index in [-0.39, 0.29) is 0 Å². The quantitative estimate of drug-likeness (QED) is 0.850. The van der Waals surface area contributed by atoms with E-state index in [2.05, 4.69) is 21.2 Å². The number of halogens is 5. The van der Waals surface area contributed by atoms with Gasteiger partial charge in [-0.1, -0.05) is 11.6 Å². The van der Waals surface area contributed by atoms with E-state index < -0.39 is 18.8 Å². The zero-order valence-corrected chi connectivity index (χ0v) is 10.6. The first kappa shape index (κ1) is 14.1. The van der Waals surface area contributed by atoms with Crippen LogP contribution in [0.5, 0.6) is 0 Å². The van der Waals surface area contributed by atoms with Gasteiger partial charge in [0.15, 0.2) is 0 Å². The van der Waals surface area contributed by atoms with Gasteiger partial charge in [0.1, 0.15) is 6.54 Å². The average molecular weight is 332 g/mol. The lowest BCUT2D eigenvalue weighted by molar-refractivity contribution is -0.122. The zero-order valence-electron chi connectivity index (χ0n) is 8.24. The van der Waals surface area contributed by atoms with Gasteiger partial charge in [-0.15, -0.1) is 0 Å². The van der Waals surface area contributed by atoms with Crippen LogP contribution >= 0.6 is 27.5 Å². The molecule has 0 fully saturated rings. The largest absolute Gasteiger partial charge is 0.405 e. The summed E-state index contributed by atoms with van der Waals surface area (Å²) in [5.74, 6) is 0. The van der Waals surface area contributed by atoms with Crippen LogP contribution in [-0.2, 0) is 0 Å². The maximum Gasteiger partial charge on any atom is 0.405 e. The summed E-state index contributed by atoms with van der Waals surface area (Å²) in [7, 11) is 0. The van der Waals surface area contributed by atoms with Gasteiger partial charge in [-0.25, -0.2) is 4.79 Å². The number of rotatable bonds is 2. The van der Waals surface area contributed by atoms with Crippen molar-refractivity contribution in [2.45, 2.75) is 6.18 Å². The second-order valence-corrected chi connectivity index (χ2v) is 4.34. The number of alkyl halides is 3. The van der Waals surface area contributed by atoms with Crippen LogP contribution in [0.2, 0.25) is 5.02 Å². The molecule has 0 unspecified atom stereocenters.